The molecule has 1 fully saturated rings. The Balaban J connectivity index is 1.54. The molecule has 0 bridgehead atoms. The second-order valence-corrected chi connectivity index (χ2v) is 7.64. The van der Waals surface area contributed by atoms with Crippen LogP contribution >= 0.6 is 12.2 Å². The van der Waals surface area contributed by atoms with Crippen LogP contribution in [0, 0.1) is 0 Å². The maximum absolute atomic E-state index is 5.77. The average molecular weight is 416 g/mol. The predicted octanol–water partition coefficient (Wildman–Crippen LogP) is 4.09. The summed E-state index contributed by atoms with van der Waals surface area (Å²) >= 11 is 5.77. The number of nitrogens with zero attached hydrogens (tertiary/aromatic N) is 4. The van der Waals surface area contributed by atoms with Crippen LogP contribution in [0.5, 0.6) is 0 Å². The van der Waals surface area contributed by atoms with Crippen molar-refractivity contribution in [2.75, 3.05) is 0 Å². The van der Waals surface area contributed by atoms with Crippen LogP contribution in [0.4, 0.5) is 0 Å². The summed E-state index contributed by atoms with van der Waals surface area (Å²) in [5.74, 6) is 0.911. The molecule has 6 nitrogen and oxygen atoms in total. The number of nitrogens with one attached hydrogen (secondary N) is 1. The van der Waals surface area contributed by atoms with E-state index in [9.17, 15) is 0 Å². The van der Waals surface area contributed by atoms with Gasteiger partial charge in [0.1, 0.15) is 5.76 Å². The van der Waals surface area contributed by atoms with Gasteiger partial charge in [0.25, 0.3) is 0 Å². The highest BCUT2D eigenvalue weighted by molar-refractivity contribution is 7.80. The van der Waals surface area contributed by atoms with E-state index >= 15 is 0 Å². The first kappa shape index (κ1) is 18.6. The lowest BCUT2D eigenvalue weighted by molar-refractivity contribution is 0.296. The first-order valence-corrected chi connectivity index (χ1v) is 10.2. The third-order valence-corrected chi connectivity index (χ3v) is 5.70. The van der Waals surface area contributed by atoms with Gasteiger partial charge >= 0.3 is 0 Å². The summed E-state index contributed by atoms with van der Waals surface area (Å²) < 4.78 is 7.80. The second-order valence-electron chi connectivity index (χ2n) is 7.26. The van der Waals surface area contributed by atoms with Crippen molar-refractivity contribution in [3.8, 4) is 0 Å². The fourth-order valence-corrected chi connectivity index (χ4v) is 4.30. The van der Waals surface area contributed by atoms with Crippen LogP contribution in [0.15, 0.2) is 90.1 Å². The number of rotatable bonds is 6. The molecule has 1 aliphatic rings. The van der Waals surface area contributed by atoms with Gasteiger partial charge in [0.2, 0.25) is 0 Å². The van der Waals surface area contributed by atoms with E-state index in [1.807, 2.05) is 48.8 Å². The Morgan fingerprint density at radius 1 is 1.00 bits per heavy atom. The molecule has 1 N–H and O–H groups in total. The normalized spacial score (nSPS) is 18.5. The van der Waals surface area contributed by atoms with Crippen molar-refractivity contribution >= 4 is 17.3 Å². The van der Waals surface area contributed by atoms with Gasteiger partial charge in [-0.05, 0) is 60.2 Å². The first-order chi connectivity index (χ1) is 14.8. The lowest BCUT2D eigenvalue weighted by Crippen LogP contribution is -2.30. The summed E-state index contributed by atoms with van der Waals surface area (Å²) in [5, 5.41) is 4.22. The summed E-state index contributed by atoms with van der Waals surface area (Å²) in [4.78, 5) is 11.1. The zero-order valence-corrected chi connectivity index (χ0v) is 17.1. The standard InChI is InChI=1S/C23H21N5OS/c30-23-26-21(19-8-1-2-11-25-19)22(28(23)15-17-6-3-10-24-14-17)20-9-4-12-27(20)16-18-7-5-13-29-18/h1-14,21-22H,15-16H2,(H,26,30). The fourth-order valence-electron chi connectivity index (χ4n) is 4.00. The minimum atomic E-state index is -0.0550. The van der Waals surface area contributed by atoms with Gasteiger partial charge in [-0.2, -0.15) is 0 Å². The van der Waals surface area contributed by atoms with Gasteiger partial charge in [-0.15, -0.1) is 0 Å². The van der Waals surface area contributed by atoms with Crippen LogP contribution in [0.3, 0.4) is 0 Å². The quantitative estimate of drug-likeness (QED) is 0.479. The molecular weight excluding hydrogens is 394 g/mol. The lowest BCUT2D eigenvalue weighted by atomic mass is 10.0. The number of hydrogen-bond donors (Lipinski definition) is 1. The average Bonchev–Trinajstić information content (AvgIpc) is 3.52. The van der Waals surface area contributed by atoms with Crippen molar-refractivity contribution in [1.29, 1.82) is 0 Å². The zero-order valence-electron chi connectivity index (χ0n) is 16.3. The monoisotopic (exact) mass is 415 g/mol. The Kier molecular flexibility index (Phi) is 5.03. The molecule has 2 unspecified atom stereocenters. The van der Waals surface area contributed by atoms with E-state index in [-0.39, 0.29) is 12.1 Å². The maximum Gasteiger partial charge on any atom is 0.170 e. The van der Waals surface area contributed by atoms with Gasteiger partial charge in [0.15, 0.2) is 5.11 Å². The van der Waals surface area contributed by atoms with Crippen molar-refractivity contribution in [2.45, 2.75) is 25.2 Å². The minimum absolute atomic E-state index is 0.0161. The van der Waals surface area contributed by atoms with Crippen molar-refractivity contribution in [1.82, 2.24) is 24.8 Å². The Hall–Kier alpha value is -3.45. The van der Waals surface area contributed by atoms with Gasteiger partial charge in [0.05, 0.1) is 30.6 Å². The molecule has 7 heteroatoms. The summed E-state index contributed by atoms with van der Waals surface area (Å²) in [6, 6.07) is 18.1. The van der Waals surface area contributed by atoms with Crippen LogP contribution in [-0.2, 0) is 13.1 Å². The molecule has 0 amide bonds. The maximum atomic E-state index is 5.77. The Morgan fingerprint density at radius 2 is 1.97 bits per heavy atom. The van der Waals surface area contributed by atoms with E-state index in [0.717, 1.165) is 22.7 Å². The number of furan rings is 1. The molecule has 1 saturated heterocycles. The van der Waals surface area contributed by atoms with E-state index in [4.69, 9.17) is 16.6 Å². The highest BCUT2D eigenvalue weighted by Gasteiger charge is 2.41. The number of pyridine rings is 2. The molecule has 150 valence electrons. The van der Waals surface area contributed by atoms with Gasteiger partial charge < -0.3 is 19.2 Å². The topological polar surface area (TPSA) is 59.1 Å². The Morgan fingerprint density at radius 3 is 2.73 bits per heavy atom. The van der Waals surface area contributed by atoms with E-state index in [2.05, 4.69) is 49.1 Å². The van der Waals surface area contributed by atoms with Crippen LogP contribution in [0.2, 0.25) is 0 Å². The molecule has 4 aromatic rings. The van der Waals surface area contributed by atoms with Crippen LogP contribution in [0.25, 0.3) is 0 Å². The molecule has 4 aromatic heterocycles. The molecule has 0 radical (unpaired) electrons. The minimum Gasteiger partial charge on any atom is -0.467 e. The molecule has 5 rings (SSSR count). The van der Waals surface area contributed by atoms with Crippen LogP contribution in [0.1, 0.15) is 34.8 Å². The molecule has 0 spiro atoms. The van der Waals surface area contributed by atoms with Gasteiger partial charge in [-0.25, -0.2) is 0 Å². The van der Waals surface area contributed by atoms with Crippen molar-refractivity contribution in [3.63, 3.8) is 0 Å². The second kappa shape index (κ2) is 8.12. The van der Waals surface area contributed by atoms with Crippen molar-refractivity contribution in [3.05, 3.63) is 108 Å². The Labute approximate surface area is 180 Å². The molecule has 30 heavy (non-hydrogen) atoms. The third kappa shape index (κ3) is 3.59. The number of hydrogen-bond acceptors (Lipinski definition) is 4. The number of thiocarbonyl (C=S) groups is 1. The third-order valence-electron chi connectivity index (χ3n) is 5.35. The molecule has 2 atom stereocenters. The molecule has 0 saturated carbocycles. The Bertz CT molecular complexity index is 1110. The number of aromatic nitrogens is 3. The molecule has 1 aliphatic heterocycles. The predicted molar refractivity (Wildman–Crippen MR) is 117 cm³/mol. The van der Waals surface area contributed by atoms with Gasteiger partial charge in [0, 0.05) is 37.0 Å². The SMILES string of the molecule is S=C1NC(c2ccccn2)C(c2cccn2Cc2ccco2)N1Cc1cccnc1. The molecular formula is C23H21N5OS. The largest absolute Gasteiger partial charge is 0.467 e. The van der Waals surface area contributed by atoms with Crippen molar-refractivity contribution in [2.24, 2.45) is 0 Å². The highest BCUT2D eigenvalue weighted by Crippen LogP contribution is 2.39. The van der Waals surface area contributed by atoms with Crippen LogP contribution < -0.4 is 5.32 Å². The summed E-state index contributed by atoms with van der Waals surface area (Å²) in [6.07, 6.45) is 9.28. The smallest absolute Gasteiger partial charge is 0.170 e. The fraction of sp³-hybridized carbons (Fsp3) is 0.174. The zero-order chi connectivity index (χ0) is 20.3. The molecule has 0 aromatic carbocycles. The van der Waals surface area contributed by atoms with E-state index in [0.29, 0.717) is 18.2 Å². The summed E-state index contributed by atoms with van der Waals surface area (Å²) in [7, 11) is 0. The lowest BCUT2D eigenvalue weighted by Gasteiger charge is -2.28. The van der Waals surface area contributed by atoms with E-state index < -0.39 is 0 Å². The van der Waals surface area contributed by atoms with Crippen LogP contribution in [-0.4, -0.2) is 24.5 Å². The van der Waals surface area contributed by atoms with E-state index in [1.165, 1.54) is 0 Å². The van der Waals surface area contributed by atoms with E-state index in [1.54, 1.807) is 12.5 Å². The van der Waals surface area contributed by atoms with Crippen molar-refractivity contribution < 1.29 is 4.42 Å². The van der Waals surface area contributed by atoms with Gasteiger partial charge in [-0.1, -0.05) is 12.1 Å². The molecule has 0 aliphatic carbocycles. The highest BCUT2D eigenvalue weighted by atomic mass is 32.1. The molecule has 5 heterocycles. The summed E-state index contributed by atoms with van der Waals surface area (Å²) in [5.41, 5.74) is 3.22. The van der Waals surface area contributed by atoms with Gasteiger partial charge in [-0.3, -0.25) is 9.97 Å². The summed E-state index contributed by atoms with van der Waals surface area (Å²) in [6.45, 7) is 1.33. The first-order valence-electron chi connectivity index (χ1n) is 9.84.